The van der Waals surface area contributed by atoms with Gasteiger partial charge in [-0.25, -0.2) is 26.9 Å². The third-order valence-electron chi connectivity index (χ3n) is 6.45. The molecule has 0 saturated carbocycles. The topological polar surface area (TPSA) is 313 Å². The molecule has 0 aliphatic rings. The van der Waals surface area contributed by atoms with Crippen molar-refractivity contribution in [2.24, 2.45) is 20.5 Å². The van der Waals surface area contributed by atoms with Gasteiger partial charge in [0, 0.05) is 11.0 Å². The van der Waals surface area contributed by atoms with Gasteiger partial charge >= 0.3 is 16.4 Å². The Hall–Kier alpha value is -4.92. The number of hydrogen-bond acceptors (Lipinski definition) is 17. The van der Waals surface area contributed by atoms with Crippen LogP contribution in [0.15, 0.2) is 114 Å². The highest BCUT2D eigenvalue weighted by molar-refractivity contribution is 7.94. The van der Waals surface area contributed by atoms with E-state index in [0.717, 1.165) is 24.2 Å². The minimum atomic E-state index is -4.94. The predicted molar refractivity (Wildman–Crippen MR) is 182 cm³/mol. The summed E-state index contributed by atoms with van der Waals surface area (Å²) in [5, 5.41) is 24.8. The first-order valence-electron chi connectivity index (χ1n) is 14.2. The van der Waals surface area contributed by atoms with E-state index >= 15 is 0 Å². The molecule has 4 rings (SSSR count). The van der Waals surface area contributed by atoms with Crippen molar-refractivity contribution in [3.8, 4) is 0 Å². The van der Waals surface area contributed by atoms with Crippen LogP contribution in [0.2, 0.25) is 0 Å². The van der Waals surface area contributed by atoms with Crippen molar-refractivity contribution in [1.29, 1.82) is 0 Å². The number of carboxylic acids is 1. The fourth-order valence-corrected chi connectivity index (χ4v) is 6.59. The molecule has 1 aromatic heterocycles. The Morgan fingerprint density at radius 1 is 0.827 bits per heavy atom. The van der Waals surface area contributed by atoms with Crippen molar-refractivity contribution in [3.63, 3.8) is 0 Å². The van der Waals surface area contributed by atoms with Crippen LogP contribution in [0, 0.1) is 0 Å². The number of nitrogen functional groups attached to an aromatic ring is 2. The zero-order valence-corrected chi connectivity index (χ0v) is 29.5. The van der Waals surface area contributed by atoms with Gasteiger partial charge in [0.15, 0.2) is 28.8 Å². The van der Waals surface area contributed by atoms with Crippen molar-refractivity contribution in [2.45, 2.75) is 21.2 Å². The maximum Gasteiger partial charge on any atom is 0.397 e. The number of pyridine rings is 1. The summed E-state index contributed by atoms with van der Waals surface area (Å²) in [7, 11) is -13.9. The maximum atomic E-state index is 12.6. The Kier molecular flexibility index (Phi) is 13.1. The molecule has 0 aliphatic heterocycles. The van der Waals surface area contributed by atoms with Gasteiger partial charge in [0.2, 0.25) is 0 Å². The van der Waals surface area contributed by atoms with Gasteiger partial charge in [-0.15, -0.1) is 10.2 Å². The standard InChI is InChI=1S/C28H27N7O13S4/c29-25-23(33-31-19-6-8-21(9-7-19)49-48-46-12-11-35-10-2-3-18(17-35)28(36)37)16-24(51(40,41)42)26(30)27(25)34-32-20-4-1-5-22(15-20)50(38,39)14-13-47-52(43,44)45/h1-10,15-17H,11-14H2,(H6-,29,30,31,32,36,37,40,41,42,43,44,45)/p+1. The van der Waals surface area contributed by atoms with E-state index in [1.165, 1.54) is 42.6 Å². The first-order valence-corrected chi connectivity index (χ1v) is 19.4. The highest BCUT2D eigenvalue weighted by atomic mass is 32.3. The van der Waals surface area contributed by atoms with Gasteiger partial charge in [0.1, 0.15) is 28.4 Å². The van der Waals surface area contributed by atoms with Gasteiger partial charge in [-0.2, -0.15) is 31.4 Å². The number of aromatic carboxylic acids is 1. The van der Waals surface area contributed by atoms with Crippen LogP contribution in [-0.2, 0) is 50.3 Å². The molecule has 3 aromatic carbocycles. The fourth-order valence-electron chi connectivity index (χ4n) is 3.99. The Morgan fingerprint density at radius 3 is 2.21 bits per heavy atom. The molecule has 0 spiro atoms. The minimum absolute atomic E-state index is 0.0761. The molecule has 0 atom stereocenters. The number of aromatic nitrogens is 1. The molecule has 0 fully saturated rings. The molecule has 52 heavy (non-hydrogen) atoms. The molecule has 20 nitrogen and oxygen atoms in total. The lowest BCUT2D eigenvalue weighted by molar-refractivity contribution is -0.700. The van der Waals surface area contributed by atoms with Gasteiger partial charge in [0.25, 0.3) is 10.1 Å². The lowest BCUT2D eigenvalue weighted by Gasteiger charge is -2.10. The molecular weight excluding hydrogens is 771 g/mol. The molecule has 0 radical (unpaired) electrons. The van der Waals surface area contributed by atoms with E-state index in [2.05, 4.69) is 24.6 Å². The second-order valence-corrected chi connectivity index (χ2v) is 15.5. The van der Waals surface area contributed by atoms with Crippen LogP contribution in [0.25, 0.3) is 0 Å². The molecule has 0 amide bonds. The largest absolute Gasteiger partial charge is 0.477 e. The van der Waals surface area contributed by atoms with Gasteiger partial charge in [-0.1, -0.05) is 6.07 Å². The van der Waals surface area contributed by atoms with Crippen molar-refractivity contribution in [2.75, 3.05) is 30.4 Å². The number of carbonyl (C=O) groups is 1. The molecule has 1 heterocycles. The van der Waals surface area contributed by atoms with Crippen LogP contribution < -0.4 is 16.0 Å². The number of nitrogens with two attached hydrogens (primary N) is 2. The zero-order valence-electron chi connectivity index (χ0n) is 26.3. The number of sulfone groups is 1. The summed E-state index contributed by atoms with van der Waals surface area (Å²) in [5.41, 5.74) is 10.9. The van der Waals surface area contributed by atoms with Crippen molar-refractivity contribution in [1.82, 2.24) is 0 Å². The summed E-state index contributed by atoms with van der Waals surface area (Å²) in [4.78, 5) is 15.7. The van der Waals surface area contributed by atoms with E-state index < -0.39 is 65.0 Å². The lowest BCUT2D eigenvalue weighted by atomic mass is 10.2. The average molecular weight is 799 g/mol. The lowest BCUT2D eigenvalue weighted by Crippen LogP contribution is -2.36. The molecule has 0 saturated heterocycles. The van der Waals surface area contributed by atoms with Crippen LogP contribution in [0.5, 0.6) is 0 Å². The Balaban J connectivity index is 1.46. The molecule has 4 aromatic rings. The number of anilines is 2. The summed E-state index contributed by atoms with van der Waals surface area (Å²) in [6, 6.07) is 15.1. The Morgan fingerprint density at radius 2 is 1.54 bits per heavy atom. The molecular formula is C28H28N7O13S4+. The molecule has 0 bridgehead atoms. The SMILES string of the molecule is Nc1c(N=Nc2ccc(SOOCC[n+]3cccc(C(=O)O)c3)cc2)cc(S(=O)(=O)O)c(N)c1N=Nc1cccc(S(=O)(=O)CCOS(=O)(=O)O)c1. The summed E-state index contributed by atoms with van der Waals surface area (Å²) in [5.74, 6) is -1.86. The van der Waals surface area contributed by atoms with Crippen LogP contribution in [-0.4, -0.2) is 64.4 Å². The van der Waals surface area contributed by atoms with E-state index in [-0.39, 0.29) is 39.8 Å². The van der Waals surface area contributed by atoms with E-state index in [0.29, 0.717) is 11.4 Å². The average Bonchev–Trinajstić information content (AvgIpc) is 3.07. The quantitative estimate of drug-likeness (QED) is 0.0146. The van der Waals surface area contributed by atoms with E-state index in [1.54, 1.807) is 29.0 Å². The number of hydrogen-bond donors (Lipinski definition) is 5. The zero-order chi connectivity index (χ0) is 38.1. The van der Waals surface area contributed by atoms with Gasteiger partial charge < -0.3 is 16.6 Å². The number of carboxylic acid groups (broad SMARTS) is 1. The number of benzene rings is 3. The molecule has 0 aliphatic carbocycles. The first kappa shape index (κ1) is 39.9. The maximum absolute atomic E-state index is 12.6. The fraction of sp³-hybridized carbons (Fsp3) is 0.143. The first-order chi connectivity index (χ1) is 24.4. The Bertz CT molecular complexity index is 2340. The van der Waals surface area contributed by atoms with E-state index in [9.17, 15) is 34.6 Å². The Labute approximate surface area is 300 Å². The van der Waals surface area contributed by atoms with E-state index in [1.807, 2.05) is 0 Å². The van der Waals surface area contributed by atoms with Gasteiger partial charge in [-0.3, -0.25) is 9.11 Å². The van der Waals surface area contributed by atoms with Gasteiger partial charge in [-0.05, 0) is 54.6 Å². The van der Waals surface area contributed by atoms with E-state index in [4.69, 9.17) is 30.3 Å². The molecule has 0 unspecified atom stereocenters. The van der Waals surface area contributed by atoms with Crippen molar-refractivity contribution >= 4 is 82.5 Å². The monoisotopic (exact) mass is 798 g/mol. The van der Waals surface area contributed by atoms with Crippen molar-refractivity contribution in [3.05, 3.63) is 84.7 Å². The molecule has 276 valence electrons. The summed E-state index contributed by atoms with van der Waals surface area (Å²) in [6.07, 6.45) is 3.14. The van der Waals surface area contributed by atoms with Crippen LogP contribution >= 0.6 is 12.0 Å². The number of nitrogens with zero attached hydrogens (tertiary/aromatic N) is 5. The summed E-state index contributed by atoms with van der Waals surface area (Å²) < 4.78 is 100. The second-order valence-electron chi connectivity index (χ2n) is 10.1. The van der Waals surface area contributed by atoms with Gasteiger partial charge in [0.05, 0.1) is 52.0 Å². The predicted octanol–water partition coefficient (Wildman–Crippen LogP) is 4.16. The van der Waals surface area contributed by atoms with Crippen LogP contribution in [0.4, 0.5) is 34.1 Å². The highest BCUT2D eigenvalue weighted by Gasteiger charge is 2.23. The number of azo groups is 2. The minimum Gasteiger partial charge on any atom is -0.477 e. The third-order valence-corrected chi connectivity index (χ3v) is 10.1. The van der Waals surface area contributed by atoms with Crippen LogP contribution in [0.1, 0.15) is 10.4 Å². The highest BCUT2D eigenvalue weighted by Crippen LogP contribution is 2.43. The third kappa shape index (κ3) is 11.6. The smallest absolute Gasteiger partial charge is 0.397 e. The normalized spacial score (nSPS) is 12.5. The summed E-state index contributed by atoms with van der Waals surface area (Å²) >= 11 is 0.888. The van der Waals surface area contributed by atoms with Crippen molar-refractivity contribution < 1.29 is 62.2 Å². The summed E-state index contributed by atoms with van der Waals surface area (Å²) in [6.45, 7) is -0.410. The van der Waals surface area contributed by atoms with Crippen LogP contribution in [0.3, 0.4) is 0 Å². The number of rotatable bonds is 17. The molecule has 7 N–H and O–H groups in total. The second kappa shape index (κ2) is 17.1. The molecule has 24 heteroatoms.